The van der Waals surface area contributed by atoms with Crippen molar-refractivity contribution in [3.05, 3.63) is 22.2 Å². The fourth-order valence-corrected chi connectivity index (χ4v) is 2.47. The Morgan fingerprint density at radius 3 is 2.76 bits per heavy atom. The molecule has 94 valence electrons. The van der Waals surface area contributed by atoms with E-state index in [1.807, 2.05) is 6.07 Å². The number of hydrogen-bond acceptors (Lipinski definition) is 3. The first-order chi connectivity index (χ1) is 8.27. The lowest BCUT2D eigenvalue weighted by molar-refractivity contribution is 0.296. The first-order valence-corrected chi connectivity index (χ1v) is 6.45. The lowest BCUT2D eigenvalue weighted by Crippen LogP contribution is -2.08. The fourth-order valence-electron chi connectivity index (χ4n) is 2.17. The van der Waals surface area contributed by atoms with Crippen LogP contribution in [0.2, 0.25) is 5.02 Å². The highest BCUT2D eigenvalue weighted by atomic mass is 35.5. The molecule has 17 heavy (non-hydrogen) atoms. The number of benzene rings is 1. The molecule has 2 N–H and O–H groups in total. The molecular weight excluding hydrogens is 238 g/mol. The molecule has 0 aliphatic carbocycles. The Bertz CT molecular complexity index is 407. The quantitative estimate of drug-likeness (QED) is 0.903. The molecule has 3 nitrogen and oxygen atoms in total. The first kappa shape index (κ1) is 12.5. The van der Waals surface area contributed by atoms with E-state index in [0.717, 1.165) is 46.9 Å². The van der Waals surface area contributed by atoms with Crippen molar-refractivity contribution in [2.45, 2.75) is 26.2 Å². The van der Waals surface area contributed by atoms with Gasteiger partial charge in [0.05, 0.1) is 13.2 Å². The van der Waals surface area contributed by atoms with E-state index in [0.29, 0.717) is 19.8 Å². The molecule has 4 heteroatoms. The van der Waals surface area contributed by atoms with Crippen LogP contribution in [-0.4, -0.2) is 19.8 Å². The zero-order valence-corrected chi connectivity index (χ0v) is 10.8. The summed E-state index contributed by atoms with van der Waals surface area (Å²) in [7, 11) is 0. The van der Waals surface area contributed by atoms with Gasteiger partial charge in [0.25, 0.3) is 0 Å². The second-order valence-electron chi connectivity index (χ2n) is 4.09. The summed E-state index contributed by atoms with van der Waals surface area (Å²) in [5, 5.41) is 0.733. The van der Waals surface area contributed by atoms with Gasteiger partial charge < -0.3 is 15.2 Å². The maximum atomic E-state index is 6.29. The van der Waals surface area contributed by atoms with Crippen LogP contribution in [0, 0.1) is 0 Å². The smallest absolute Gasteiger partial charge is 0.164 e. The van der Waals surface area contributed by atoms with E-state index < -0.39 is 0 Å². The Morgan fingerprint density at radius 1 is 1.29 bits per heavy atom. The Kier molecular flexibility index (Phi) is 4.13. The van der Waals surface area contributed by atoms with Crippen LogP contribution >= 0.6 is 11.6 Å². The molecule has 0 radical (unpaired) electrons. The summed E-state index contributed by atoms with van der Waals surface area (Å²) in [4.78, 5) is 0. The molecular formula is C13H18ClNO2. The summed E-state index contributed by atoms with van der Waals surface area (Å²) < 4.78 is 11.5. The number of hydrogen-bond donors (Lipinski definition) is 1. The summed E-state index contributed by atoms with van der Waals surface area (Å²) in [6.07, 6.45) is 2.56. The highest BCUT2D eigenvalue weighted by Crippen LogP contribution is 2.40. The van der Waals surface area contributed by atoms with Gasteiger partial charge in [0.2, 0.25) is 0 Å². The molecule has 1 aliphatic rings. The molecule has 0 fully saturated rings. The Hall–Kier alpha value is -0.930. The van der Waals surface area contributed by atoms with Crippen LogP contribution in [0.1, 0.15) is 24.5 Å². The molecule has 2 rings (SSSR count). The predicted octanol–water partition coefficient (Wildman–Crippen LogP) is 2.56. The highest BCUT2D eigenvalue weighted by molar-refractivity contribution is 6.31. The minimum absolute atomic E-state index is 0.590. The zero-order valence-electron chi connectivity index (χ0n) is 10.1. The van der Waals surface area contributed by atoms with Gasteiger partial charge in [-0.3, -0.25) is 0 Å². The maximum Gasteiger partial charge on any atom is 0.164 e. The van der Waals surface area contributed by atoms with Gasteiger partial charge >= 0.3 is 0 Å². The van der Waals surface area contributed by atoms with Crippen molar-refractivity contribution in [3.8, 4) is 11.5 Å². The number of nitrogens with two attached hydrogens (primary N) is 1. The third-order valence-corrected chi connectivity index (χ3v) is 3.29. The van der Waals surface area contributed by atoms with E-state index >= 15 is 0 Å². The van der Waals surface area contributed by atoms with Crippen LogP contribution in [0.25, 0.3) is 0 Å². The molecule has 0 unspecified atom stereocenters. The second-order valence-corrected chi connectivity index (χ2v) is 4.49. The summed E-state index contributed by atoms with van der Waals surface area (Å²) >= 11 is 6.29. The largest absolute Gasteiger partial charge is 0.489 e. The molecule has 0 atom stereocenters. The van der Waals surface area contributed by atoms with E-state index in [4.69, 9.17) is 26.8 Å². The van der Waals surface area contributed by atoms with E-state index in [1.165, 1.54) is 0 Å². The van der Waals surface area contributed by atoms with Crippen LogP contribution in [-0.2, 0) is 12.8 Å². The number of halogens is 1. The van der Waals surface area contributed by atoms with Crippen molar-refractivity contribution in [2.75, 3.05) is 19.8 Å². The Balaban J connectivity index is 2.51. The minimum Gasteiger partial charge on any atom is -0.489 e. The number of ether oxygens (including phenoxy) is 2. The van der Waals surface area contributed by atoms with Gasteiger partial charge in [0, 0.05) is 23.1 Å². The van der Waals surface area contributed by atoms with Gasteiger partial charge in [-0.2, -0.15) is 0 Å². The third-order valence-electron chi connectivity index (χ3n) is 2.95. The molecule has 0 spiro atoms. The van der Waals surface area contributed by atoms with Gasteiger partial charge in [-0.15, -0.1) is 0 Å². The highest BCUT2D eigenvalue weighted by Gasteiger charge is 2.19. The number of fused-ring (bicyclic) bond motifs is 1. The van der Waals surface area contributed by atoms with Crippen molar-refractivity contribution in [3.63, 3.8) is 0 Å². The lowest BCUT2D eigenvalue weighted by Gasteiger charge is -2.17. The van der Waals surface area contributed by atoms with Crippen molar-refractivity contribution in [1.82, 2.24) is 0 Å². The van der Waals surface area contributed by atoms with Crippen molar-refractivity contribution in [2.24, 2.45) is 5.73 Å². The molecule has 1 aromatic rings. The molecule has 1 aliphatic heterocycles. The Labute approximate surface area is 107 Å². The Morgan fingerprint density at radius 2 is 2.06 bits per heavy atom. The molecule has 1 heterocycles. The molecule has 0 saturated carbocycles. The van der Waals surface area contributed by atoms with Crippen molar-refractivity contribution < 1.29 is 9.47 Å². The average molecular weight is 256 g/mol. The van der Waals surface area contributed by atoms with E-state index in [2.05, 4.69) is 6.92 Å². The molecule has 0 aromatic heterocycles. The van der Waals surface area contributed by atoms with Gasteiger partial charge in [0.15, 0.2) is 11.5 Å². The molecule has 1 aromatic carbocycles. The summed E-state index contributed by atoms with van der Waals surface area (Å²) in [6, 6.07) is 1.85. The number of rotatable bonds is 3. The maximum absolute atomic E-state index is 6.29. The van der Waals surface area contributed by atoms with Crippen LogP contribution in [0.5, 0.6) is 11.5 Å². The van der Waals surface area contributed by atoms with Gasteiger partial charge in [-0.1, -0.05) is 18.5 Å². The summed E-state index contributed by atoms with van der Waals surface area (Å²) in [6.45, 7) is 4.07. The standard InChI is InChI=1S/C13H18ClNO2/c1-2-9-10(4-5-15)11(14)8-12-13(9)17-7-3-6-16-12/h8H,2-7,15H2,1H3. The van der Waals surface area contributed by atoms with Crippen LogP contribution < -0.4 is 15.2 Å². The zero-order chi connectivity index (χ0) is 12.3. The van der Waals surface area contributed by atoms with Gasteiger partial charge in [-0.05, 0) is 24.9 Å². The monoisotopic (exact) mass is 255 g/mol. The minimum atomic E-state index is 0.590. The molecule has 0 amide bonds. The second kappa shape index (κ2) is 5.61. The molecule has 0 saturated heterocycles. The van der Waals surface area contributed by atoms with Gasteiger partial charge in [0.1, 0.15) is 0 Å². The summed E-state index contributed by atoms with van der Waals surface area (Å²) in [5.74, 6) is 1.63. The SMILES string of the molecule is CCc1c(CCN)c(Cl)cc2c1OCCCO2. The predicted molar refractivity (Wildman–Crippen MR) is 69.2 cm³/mol. The normalized spacial score (nSPS) is 14.5. The van der Waals surface area contributed by atoms with Gasteiger partial charge in [-0.25, -0.2) is 0 Å². The first-order valence-electron chi connectivity index (χ1n) is 6.07. The fraction of sp³-hybridized carbons (Fsp3) is 0.538. The summed E-state index contributed by atoms with van der Waals surface area (Å²) in [5.41, 5.74) is 7.87. The average Bonchev–Trinajstić information content (AvgIpc) is 2.55. The van der Waals surface area contributed by atoms with Crippen LogP contribution in [0.3, 0.4) is 0 Å². The lowest BCUT2D eigenvalue weighted by atomic mass is 10.0. The molecule has 0 bridgehead atoms. The van der Waals surface area contributed by atoms with E-state index in [1.54, 1.807) is 0 Å². The van der Waals surface area contributed by atoms with E-state index in [9.17, 15) is 0 Å². The third kappa shape index (κ3) is 2.50. The van der Waals surface area contributed by atoms with E-state index in [-0.39, 0.29) is 0 Å². The van der Waals surface area contributed by atoms with Crippen molar-refractivity contribution >= 4 is 11.6 Å². The van der Waals surface area contributed by atoms with Crippen LogP contribution in [0.4, 0.5) is 0 Å². The topological polar surface area (TPSA) is 44.5 Å². The van der Waals surface area contributed by atoms with Crippen molar-refractivity contribution in [1.29, 1.82) is 0 Å². The van der Waals surface area contributed by atoms with Crippen LogP contribution in [0.15, 0.2) is 6.07 Å².